The molecule has 1 aliphatic heterocycles. The molecule has 3 N–H and O–H groups in total. The predicted molar refractivity (Wildman–Crippen MR) is 51.0 cm³/mol. The van der Waals surface area contributed by atoms with Gasteiger partial charge in [0, 0.05) is 6.54 Å². The van der Waals surface area contributed by atoms with Gasteiger partial charge < -0.3 is 15.4 Å². The van der Waals surface area contributed by atoms with E-state index < -0.39 is 11.5 Å². The van der Waals surface area contributed by atoms with Gasteiger partial charge in [0.1, 0.15) is 11.4 Å². The molecule has 5 heteroatoms. The fourth-order valence-corrected chi connectivity index (χ4v) is 1.79. The summed E-state index contributed by atoms with van der Waals surface area (Å²) < 4.78 is 0. The Balaban J connectivity index is 2.75. The van der Waals surface area contributed by atoms with Crippen LogP contribution >= 0.6 is 0 Å². The number of carbonyl (C=O) groups is 1. The third-order valence-electron chi connectivity index (χ3n) is 2.49. The normalized spacial score (nSPS) is 13.5. The van der Waals surface area contributed by atoms with Crippen LogP contribution in [0, 0.1) is 6.92 Å². The second-order valence-corrected chi connectivity index (χ2v) is 3.29. The Morgan fingerprint density at radius 3 is 2.86 bits per heavy atom. The maximum Gasteiger partial charge on any atom is 0.341 e. The van der Waals surface area contributed by atoms with Crippen LogP contribution in [0.15, 0.2) is 4.79 Å². The standard InChI is InChI=1S/C9H10N2O3/c1-4-5-2-3-10-7(5)11-8(12)6(4)9(13)14/h2-3H2,1H3,(H,13,14)(H2,10,11,12). The Bertz CT molecular complexity index is 462. The number of anilines is 1. The van der Waals surface area contributed by atoms with Crippen molar-refractivity contribution in [2.45, 2.75) is 13.3 Å². The lowest BCUT2D eigenvalue weighted by Crippen LogP contribution is -2.20. The minimum absolute atomic E-state index is 0.146. The van der Waals surface area contributed by atoms with Gasteiger partial charge in [-0.05, 0) is 24.5 Å². The highest BCUT2D eigenvalue weighted by atomic mass is 16.4. The molecule has 0 saturated heterocycles. The van der Waals surface area contributed by atoms with E-state index in [1.807, 2.05) is 0 Å². The van der Waals surface area contributed by atoms with Gasteiger partial charge in [-0.3, -0.25) is 4.79 Å². The molecule has 0 fully saturated rings. The summed E-state index contributed by atoms with van der Waals surface area (Å²) in [5, 5.41) is 11.8. The summed E-state index contributed by atoms with van der Waals surface area (Å²) in [4.78, 5) is 24.7. The number of hydrogen-bond acceptors (Lipinski definition) is 3. The van der Waals surface area contributed by atoms with Crippen LogP contribution < -0.4 is 10.9 Å². The number of H-pyrrole nitrogens is 1. The van der Waals surface area contributed by atoms with Crippen LogP contribution in [0.5, 0.6) is 0 Å². The van der Waals surface area contributed by atoms with Crippen LogP contribution in [0.25, 0.3) is 0 Å². The van der Waals surface area contributed by atoms with Gasteiger partial charge in [-0.1, -0.05) is 0 Å². The molecule has 0 bridgehead atoms. The SMILES string of the molecule is Cc1c2c([nH]c(=O)c1C(=O)O)NCC2. The molecule has 2 heterocycles. The van der Waals surface area contributed by atoms with Crippen molar-refractivity contribution >= 4 is 11.8 Å². The summed E-state index contributed by atoms with van der Waals surface area (Å²) in [5.41, 5.74) is 0.791. The molecule has 74 valence electrons. The van der Waals surface area contributed by atoms with Crippen LogP contribution in [0.1, 0.15) is 21.5 Å². The third-order valence-corrected chi connectivity index (χ3v) is 2.49. The van der Waals surface area contributed by atoms with Crippen LogP contribution in [0.4, 0.5) is 5.82 Å². The zero-order chi connectivity index (χ0) is 10.3. The van der Waals surface area contributed by atoms with Gasteiger partial charge in [-0.25, -0.2) is 4.79 Å². The van der Waals surface area contributed by atoms with Crippen LogP contribution in [0.3, 0.4) is 0 Å². The highest BCUT2D eigenvalue weighted by Gasteiger charge is 2.21. The molecule has 0 spiro atoms. The first-order valence-electron chi connectivity index (χ1n) is 4.34. The molecule has 0 aromatic carbocycles. The van der Waals surface area contributed by atoms with Crippen molar-refractivity contribution in [3.63, 3.8) is 0 Å². The molecule has 0 aliphatic carbocycles. The number of carboxylic acids is 1. The van der Waals surface area contributed by atoms with Gasteiger partial charge in [0.2, 0.25) is 0 Å². The van der Waals surface area contributed by atoms with E-state index in [9.17, 15) is 9.59 Å². The van der Waals surface area contributed by atoms with Gasteiger partial charge >= 0.3 is 5.97 Å². The number of aromatic carboxylic acids is 1. The number of rotatable bonds is 1. The Morgan fingerprint density at radius 1 is 1.50 bits per heavy atom. The molecule has 0 radical (unpaired) electrons. The predicted octanol–water partition coefficient (Wildman–Crippen LogP) is 0.350. The second-order valence-electron chi connectivity index (χ2n) is 3.29. The third kappa shape index (κ3) is 1.09. The average Bonchev–Trinajstić information content (AvgIpc) is 2.50. The molecule has 2 rings (SSSR count). The Hall–Kier alpha value is -1.78. The summed E-state index contributed by atoms with van der Waals surface area (Å²) in [6.45, 7) is 2.42. The first kappa shape index (κ1) is 8.80. The molecule has 1 aliphatic rings. The first-order valence-corrected chi connectivity index (χ1v) is 4.34. The van der Waals surface area contributed by atoms with E-state index in [1.165, 1.54) is 0 Å². The number of nitrogens with one attached hydrogen (secondary N) is 2. The minimum Gasteiger partial charge on any atom is -0.477 e. The average molecular weight is 194 g/mol. The molecule has 5 nitrogen and oxygen atoms in total. The summed E-state index contributed by atoms with van der Waals surface area (Å²) in [6, 6.07) is 0. The first-order chi connectivity index (χ1) is 6.61. The van der Waals surface area contributed by atoms with Crippen molar-refractivity contribution in [1.82, 2.24) is 4.98 Å². The molecule has 1 aromatic rings. The van der Waals surface area contributed by atoms with E-state index in [2.05, 4.69) is 10.3 Å². The van der Waals surface area contributed by atoms with E-state index in [1.54, 1.807) is 6.92 Å². The fourth-order valence-electron chi connectivity index (χ4n) is 1.79. The van der Waals surface area contributed by atoms with E-state index in [0.29, 0.717) is 11.4 Å². The lowest BCUT2D eigenvalue weighted by atomic mass is 10.0. The van der Waals surface area contributed by atoms with E-state index in [0.717, 1.165) is 18.5 Å². The van der Waals surface area contributed by atoms with Gasteiger partial charge in [-0.15, -0.1) is 0 Å². The zero-order valence-corrected chi connectivity index (χ0v) is 7.68. The molecule has 14 heavy (non-hydrogen) atoms. The smallest absolute Gasteiger partial charge is 0.341 e. The molecule has 0 atom stereocenters. The highest BCUT2D eigenvalue weighted by Crippen LogP contribution is 2.22. The number of aromatic nitrogens is 1. The summed E-state index contributed by atoms with van der Waals surface area (Å²) in [5.74, 6) is -0.504. The Labute approximate surface area is 79.8 Å². The fraction of sp³-hybridized carbons (Fsp3) is 0.333. The van der Waals surface area contributed by atoms with Gasteiger partial charge in [0.15, 0.2) is 0 Å². The number of aromatic amines is 1. The second kappa shape index (κ2) is 2.87. The van der Waals surface area contributed by atoms with Crippen LogP contribution in [-0.4, -0.2) is 22.6 Å². The molecule has 0 unspecified atom stereocenters. The molecule has 0 amide bonds. The minimum atomic E-state index is -1.17. The molecule has 1 aromatic heterocycles. The summed E-state index contributed by atoms with van der Waals surface area (Å²) in [6.07, 6.45) is 0.762. The van der Waals surface area contributed by atoms with Gasteiger partial charge in [0.25, 0.3) is 5.56 Å². The lowest BCUT2D eigenvalue weighted by Gasteiger charge is -2.05. The van der Waals surface area contributed by atoms with Crippen molar-refractivity contribution in [2.24, 2.45) is 0 Å². The zero-order valence-electron chi connectivity index (χ0n) is 7.68. The van der Waals surface area contributed by atoms with Crippen LogP contribution in [-0.2, 0) is 6.42 Å². The lowest BCUT2D eigenvalue weighted by molar-refractivity contribution is 0.0694. The largest absolute Gasteiger partial charge is 0.477 e. The van der Waals surface area contributed by atoms with Crippen molar-refractivity contribution in [2.75, 3.05) is 11.9 Å². The van der Waals surface area contributed by atoms with Crippen molar-refractivity contribution in [3.05, 3.63) is 27.0 Å². The summed E-state index contributed by atoms with van der Waals surface area (Å²) in [7, 11) is 0. The topological polar surface area (TPSA) is 82.2 Å². The van der Waals surface area contributed by atoms with Gasteiger partial charge in [0.05, 0.1) is 0 Å². The van der Waals surface area contributed by atoms with E-state index in [4.69, 9.17) is 5.11 Å². The van der Waals surface area contributed by atoms with Gasteiger partial charge in [-0.2, -0.15) is 0 Å². The highest BCUT2D eigenvalue weighted by molar-refractivity contribution is 5.90. The maximum absolute atomic E-state index is 11.4. The summed E-state index contributed by atoms with van der Waals surface area (Å²) >= 11 is 0. The number of pyridine rings is 1. The van der Waals surface area contributed by atoms with Crippen molar-refractivity contribution in [3.8, 4) is 0 Å². The number of fused-ring (bicyclic) bond motifs is 1. The molecular formula is C9H10N2O3. The molecule has 0 saturated carbocycles. The molecular weight excluding hydrogens is 184 g/mol. The number of carboxylic acid groups (broad SMARTS) is 1. The maximum atomic E-state index is 11.4. The Kier molecular flexibility index (Phi) is 1.80. The van der Waals surface area contributed by atoms with Crippen molar-refractivity contribution < 1.29 is 9.90 Å². The van der Waals surface area contributed by atoms with E-state index >= 15 is 0 Å². The van der Waals surface area contributed by atoms with E-state index in [-0.39, 0.29) is 5.56 Å². The van der Waals surface area contributed by atoms with Crippen molar-refractivity contribution in [1.29, 1.82) is 0 Å². The Morgan fingerprint density at radius 2 is 2.21 bits per heavy atom. The van der Waals surface area contributed by atoms with Crippen LogP contribution in [0.2, 0.25) is 0 Å². The number of hydrogen-bond donors (Lipinski definition) is 3. The monoisotopic (exact) mass is 194 g/mol. The quantitative estimate of drug-likeness (QED) is 0.602.